The molecule has 0 saturated carbocycles. The predicted octanol–water partition coefficient (Wildman–Crippen LogP) is 3.95. The third-order valence-corrected chi connectivity index (χ3v) is 4.68. The highest BCUT2D eigenvalue weighted by Gasteiger charge is 2.22. The summed E-state index contributed by atoms with van der Waals surface area (Å²) in [7, 11) is 0. The number of rotatable bonds is 3. The van der Waals surface area contributed by atoms with Crippen LogP contribution in [0.5, 0.6) is 0 Å². The van der Waals surface area contributed by atoms with Gasteiger partial charge in [0.15, 0.2) is 0 Å². The van der Waals surface area contributed by atoms with Gasteiger partial charge in [-0.2, -0.15) is 0 Å². The smallest absolute Gasteiger partial charge is 0.270 e. The van der Waals surface area contributed by atoms with Gasteiger partial charge in [-0.05, 0) is 65.8 Å². The molecule has 0 aliphatic heterocycles. The maximum Gasteiger partial charge on any atom is 0.270 e. The van der Waals surface area contributed by atoms with Crippen LogP contribution < -0.4 is 5.32 Å². The molecule has 0 radical (unpaired) electrons. The fraction of sp³-hybridized carbons (Fsp3) is 0.190. The van der Waals surface area contributed by atoms with Crippen molar-refractivity contribution in [1.29, 1.82) is 0 Å². The Bertz CT molecular complexity index is 892. The van der Waals surface area contributed by atoms with Crippen LogP contribution in [0.2, 0.25) is 0 Å². The zero-order chi connectivity index (χ0) is 17.1. The summed E-state index contributed by atoms with van der Waals surface area (Å²) in [5.74, 6) is -0.127. The quantitative estimate of drug-likeness (QED) is 0.791. The van der Waals surface area contributed by atoms with Gasteiger partial charge in [-0.25, -0.2) is 0 Å². The maximum atomic E-state index is 12.7. The number of nitrogens with zero attached hydrogens (tertiary/aromatic N) is 2. The topological polar surface area (TPSA) is 54.9 Å². The van der Waals surface area contributed by atoms with Gasteiger partial charge in [-0.15, -0.1) is 0 Å². The molecule has 4 heteroatoms. The number of nitrogens with one attached hydrogen (secondary N) is 1. The minimum absolute atomic E-state index is 0.0591. The van der Waals surface area contributed by atoms with Gasteiger partial charge < -0.3 is 5.32 Å². The van der Waals surface area contributed by atoms with Crippen molar-refractivity contribution in [2.75, 3.05) is 0 Å². The van der Waals surface area contributed by atoms with Crippen LogP contribution in [0.15, 0.2) is 67.1 Å². The Morgan fingerprint density at radius 3 is 2.68 bits per heavy atom. The second kappa shape index (κ2) is 6.85. The largest absolute Gasteiger partial charge is 0.344 e. The molecule has 1 aliphatic rings. The molecule has 1 aliphatic carbocycles. The van der Waals surface area contributed by atoms with Gasteiger partial charge in [-0.1, -0.05) is 24.3 Å². The van der Waals surface area contributed by atoms with Crippen LogP contribution in [0.25, 0.3) is 11.1 Å². The molecule has 0 fully saturated rings. The van der Waals surface area contributed by atoms with E-state index in [1.165, 1.54) is 11.1 Å². The lowest BCUT2D eigenvalue weighted by Crippen LogP contribution is -2.31. The van der Waals surface area contributed by atoms with E-state index in [0.717, 1.165) is 30.4 Å². The second-order valence-corrected chi connectivity index (χ2v) is 6.28. The summed E-state index contributed by atoms with van der Waals surface area (Å²) < 4.78 is 0. The summed E-state index contributed by atoms with van der Waals surface area (Å²) in [4.78, 5) is 21.0. The van der Waals surface area contributed by atoms with Crippen molar-refractivity contribution in [3.63, 3.8) is 0 Å². The van der Waals surface area contributed by atoms with Gasteiger partial charge in [0, 0.05) is 18.6 Å². The van der Waals surface area contributed by atoms with E-state index in [1.54, 1.807) is 18.6 Å². The van der Waals surface area contributed by atoms with Crippen molar-refractivity contribution >= 4 is 5.91 Å². The monoisotopic (exact) mass is 329 g/mol. The average molecular weight is 329 g/mol. The number of carbonyl (C=O) groups is 1. The molecular weight excluding hydrogens is 310 g/mol. The molecule has 1 aromatic carbocycles. The van der Waals surface area contributed by atoms with Gasteiger partial charge in [0.05, 0.1) is 6.04 Å². The van der Waals surface area contributed by atoms with Crippen LogP contribution in [0, 0.1) is 0 Å². The summed E-state index contributed by atoms with van der Waals surface area (Å²) in [5, 5.41) is 3.16. The Balaban J connectivity index is 1.57. The fourth-order valence-electron chi connectivity index (χ4n) is 3.41. The number of pyridine rings is 2. The number of benzene rings is 1. The molecule has 1 N–H and O–H groups in total. The molecule has 3 aromatic rings. The Hall–Kier alpha value is -3.01. The van der Waals surface area contributed by atoms with Crippen LogP contribution in [0.4, 0.5) is 0 Å². The first-order valence-electron chi connectivity index (χ1n) is 8.56. The number of fused-ring (bicyclic) bond motifs is 1. The van der Waals surface area contributed by atoms with Gasteiger partial charge in [0.25, 0.3) is 5.91 Å². The lowest BCUT2D eigenvalue weighted by Gasteiger charge is -2.26. The first-order valence-corrected chi connectivity index (χ1v) is 8.56. The van der Waals surface area contributed by atoms with E-state index in [4.69, 9.17) is 0 Å². The predicted molar refractivity (Wildman–Crippen MR) is 97.1 cm³/mol. The molecule has 0 bridgehead atoms. The third-order valence-electron chi connectivity index (χ3n) is 4.68. The molecule has 2 heterocycles. The number of hydrogen-bond acceptors (Lipinski definition) is 3. The Kier molecular flexibility index (Phi) is 4.25. The van der Waals surface area contributed by atoms with Crippen LogP contribution >= 0.6 is 0 Å². The van der Waals surface area contributed by atoms with Gasteiger partial charge in [-0.3, -0.25) is 14.8 Å². The summed E-state index contributed by atoms with van der Waals surface area (Å²) in [6, 6.07) is 16.0. The molecule has 4 nitrogen and oxygen atoms in total. The molecule has 124 valence electrons. The van der Waals surface area contributed by atoms with Gasteiger partial charge >= 0.3 is 0 Å². The van der Waals surface area contributed by atoms with Crippen molar-refractivity contribution in [2.24, 2.45) is 0 Å². The Morgan fingerprint density at radius 2 is 1.80 bits per heavy atom. The molecule has 25 heavy (non-hydrogen) atoms. The summed E-state index contributed by atoms with van der Waals surface area (Å²) in [6.07, 6.45) is 8.31. The highest BCUT2D eigenvalue weighted by atomic mass is 16.1. The Morgan fingerprint density at radius 1 is 1.00 bits per heavy atom. The second-order valence-electron chi connectivity index (χ2n) is 6.28. The van der Waals surface area contributed by atoms with Crippen LogP contribution in [-0.2, 0) is 6.42 Å². The van der Waals surface area contributed by atoms with Crippen molar-refractivity contribution in [3.8, 4) is 11.1 Å². The SMILES string of the molecule is O=C(N[C@@H]1CCCc2ccccc21)c1cc(-c2ccncc2)ccn1. The van der Waals surface area contributed by atoms with Crippen LogP contribution in [-0.4, -0.2) is 15.9 Å². The van der Waals surface area contributed by atoms with Crippen molar-refractivity contribution in [2.45, 2.75) is 25.3 Å². The molecular formula is C21H19N3O. The zero-order valence-corrected chi connectivity index (χ0v) is 13.9. The highest BCUT2D eigenvalue weighted by Crippen LogP contribution is 2.29. The van der Waals surface area contributed by atoms with E-state index in [2.05, 4.69) is 33.5 Å². The van der Waals surface area contributed by atoms with E-state index in [-0.39, 0.29) is 11.9 Å². The molecule has 0 unspecified atom stereocenters. The van der Waals surface area contributed by atoms with E-state index in [1.807, 2.05) is 30.3 Å². The van der Waals surface area contributed by atoms with E-state index in [0.29, 0.717) is 5.69 Å². The molecule has 4 rings (SSSR count). The first-order chi connectivity index (χ1) is 12.3. The van der Waals surface area contributed by atoms with Crippen LogP contribution in [0.3, 0.4) is 0 Å². The zero-order valence-electron chi connectivity index (χ0n) is 13.9. The lowest BCUT2D eigenvalue weighted by molar-refractivity contribution is 0.0927. The van der Waals surface area contributed by atoms with Crippen molar-refractivity contribution < 1.29 is 4.79 Å². The summed E-state index contributed by atoms with van der Waals surface area (Å²) in [5.41, 5.74) is 4.99. The molecule has 1 amide bonds. The number of carbonyl (C=O) groups excluding carboxylic acids is 1. The number of aromatic nitrogens is 2. The Labute approximate surface area is 147 Å². The van der Waals surface area contributed by atoms with Gasteiger partial charge in [0.2, 0.25) is 0 Å². The molecule has 2 aromatic heterocycles. The number of amides is 1. The summed E-state index contributed by atoms with van der Waals surface area (Å²) >= 11 is 0. The molecule has 0 spiro atoms. The minimum atomic E-state index is -0.127. The number of aryl methyl sites for hydroxylation is 1. The maximum absolute atomic E-state index is 12.7. The van der Waals surface area contributed by atoms with Crippen molar-refractivity contribution in [1.82, 2.24) is 15.3 Å². The van der Waals surface area contributed by atoms with E-state index < -0.39 is 0 Å². The van der Waals surface area contributed by atoms with E-state index in [9.17, 15) is 4.79 Å². The fourth-order valence-corrected chi connectivity index (χ4v) is 3.41. The van der Waals surface area contributed by atoms with Crippen molar-refractivity contribution in [3.05, 3.63) is 83.9 Å². The van der Waals surface area contributed by atoms with E-state index >= 15 is 0 Å². The van der Waals surface area contributed by atoms with Crippen LogP contribution in [0.1, 0.15) is 40.5 Å². The number of hydrogen-bond donors (Lipinski definition) is 1. The average Bonchev–Trinajstić information content (AvgIpc) is 2.69. The lowest BCUT2D eigenvalue weighted by atomic mass is 9.87. The first kappa shape index (κ1) is 15.5. The minimum Gasteiger partial charge on any atom is -0.344 e. The highest BCUT2D eigenvalue weighted by molar-refractivity contribution is 5.93. The molecule has 1 atom stereocenters. The normalized spacial score (nSPS) is 16.1. The molecule has 0 saturated heterocycles. The standard InChI is InChI=1S/C21H19N3O/c25-21(24-19-7-3-5-16-4-1-2-6-18(16)19)20-14-17(10-13-23-20)15-8-11-22-12-9-15/h1-2,4,6,8-14,19H,3,5,7H2,(H,24,25)/t19-/m1/s1. The summed E-state index contributed by atoms with van der Waals surface area (Å²) in [6.45, 7) is 0. The third kappa shape index (κ3) is 3.29. The van der Waals surface area contributed by atoms with Gasteiger partial charge in [0.1, 0.15) is 5.69 Å².